The Balaban J connectivity index is 2.26. The quantitative estimate of drug-likeness (QED) is 0.761. The summed E-state index contributed by atoms with van der Waals surface area (Å²) in [5.41, 5.74) is 0.493. The van der Waals surface area contributed by atoms with E-state index in [1.807, 2.05) is 0 Å². The average molecular weight is 268 g/mol. The maximum atomic E-state index is 3.78. The molecule has 19 heavy (non-hydrogen) atoms. The maximum absolute atomic E-state index is 3.78. The Hall–Kier alpha value is -0.0800. The van der Waals surface area contributed by atoms with Gasteiger partial charge in [-0.1, -0.05) is 27.2 Å². The van der Waals surface area contributed by atoms with Crippen LogP contribution in [0.25, 0.3) is 0 Å². The van der Waals surface area contributed by atoms with Gasteiger partial charge in [-0.05, 0) is 57.9 Å². The SMILES string of the molecule is CC(C)N(C)CCNC1CCCC(C(C)(C)C)CC1. The molecule has 114 valence electrons. The molecule has 0 spiro atoms. The van der Waals surface area contributed by atoms with Crippen LogP contribution in [-0.2, 0) is 0 Å². The number of hydrogen-bond donors (Lipinski definition) is 1. The van der Waals surface area contributed by atoms with Gasteiger partial charge in [-0.2, -0.15) is 0 Å². The fourth-order valence-corrected chi connectivity index (χ4v) is 3.08. The number of nitrogens with zero attached hydrogens (tertiary/aromatic N) is 1. The van der Waals surface area contributed by atoms with Crippen LogP contribution in [0.15, 0.2) is 0 Å². The Labute approximate surface area is 121 Å². The zero-order valence-electron chi connectivity index (χ0n) is 14.1. The average Bonchev–Trinajstić information content (AvgIpc) is 2.53. The van der Waals surface area contributed by atoms with Crippen molar-refractivity contribution < 1.29 is 0 Å². The second-order valence-electron chi connectivity index (χ2n) is 7.80. The van der Waals surface area contributed by atoms with Gasteiger partial charge in [0.1, 0.15) is 0 Å². The topological polar surface area (TPSA) is 15.3 Å². The van der Waals surface area contributed by atoms with Gasteiger partial charge in [0.2, 0.25) is 0 Å². The lowest BCUT2D eigenvalue weighted by Crippen LogP contribution is -2.38. The van der Waals surface area contributed by atoms with Crippen molar-refractivity contribution >= 4 is 0 Å². The van der Waals surface area contributed by atoms with Crippen molar-refractivity contribution in [1.29, 1.82) is 0 Å². The summed E-state index contributed by atoms with van der Waals surface area (Å²) in [6.45, 7) is 14.0. The van der Waals surface area contributed by atoms with Gasteiger partial charge < -0.3 is 10.2 Å². The molecule has 1 aliphatic rings. The van der Waals surface area contributed by atoms with Crippen LogP contribution in [0.2, 0.25) is 0 Å². The molecule has 1 aliphatic carbocycles. The van der Waals surface area contributed by atoms with Gasteiger partial charge in [0, 0.05) is 25.2 Å². The van der Waals surface area contributed by atoms with Crippen molar-refractivity contribution in [1.82, 2.24) is 10.2 Å². The summed E-state index contributed by atoms with van der Waals surface area (Å²) in [6, 6.07) is 1.41. The number of hydrogen-bond acceptors (Lipinski definition) is 2. The molecule has 1 rings (SSSR count). The van der Waals surface area contributed by atoms with Crippen LogP contribution >= 0.6 is 0 Å². The van der Waals surface area contributed by atoms with Crippen molar-refractivity contribution in [2.45, 2.75) is 78.8 Å². The lowest BCUT2D eigenvalue weighted by Gasteiger charge is -2.29. The van der Waals surface area contributed by atoms with Crippen LogP contribution in [0.1, 0.15) is 66.7 Å². The molecule has 1 fully saturated rings. The first-order valence-electron chi connectivity index (χ1n) is 8.24. The van der Waals surface area contributed by atoms with Crippen LogP contribution in [0, 0.1) is 11.3 Å². The van der Waals surface area contributed by atoms with E-state index in [1.54, 1.807) is 0 Å². The lowest BCUT2D eigenvalue weighted by atomic mass is 9.76. The molecule has 2 atom stereocenters. The molecule has 0 radical (unpaired) electrons. The predicted octanol–water partition coefficient (Wildman–Crippen LogP) is 3.91. The van der Waals surface area contributed by atoms with Gasteiger partial charge >= 0.3 is 0 Å². The fourth-order valence-electron chi connectivity index (χ4n) is 3.08. The number of likely N-dealkylation sites (N-methyl/N-ethyl adjacent to an activating group) is 1. The van der Waals surface area contributed by atoms with E-state index < -0.39 is 0 Å². The highest BCUT2D eigenvalue weighted by Gasteiger charge is 2.27. The molecule has 2 nitrogen and oxygen atoms in total. The molecule has 2 heteroatoms. The van der Waals surface area contributed by atoms with E-state index in [2.05, 4.69) is 51.9 Å². The normalized spacial score (nSPS) is 25.9. The van der Waals surface area contributed by atoms with Gasteiger partial charge in [-0.3, -0.25) is 0 Å². The summed E-state index contributed by atoms with van der Waals surface area (Å²) in [4.78, 5) is 2.42. The van der Waals surface area contributed by atoms with Crippen molar-refractivity contribution in [2.24, 2.45) is 11.3 Å². The minimum atomic E-state index is 0.493. The fraction of sp³-hybridized carbons (Fsp3) is 1.00. The van der Waals surface area contributed by atoms with E-state index in [1.165, 1.54) is 32.1 Å². The highest BCUT2D eigenvalue weighted by Crippen LogP contribution is 2.36. The third-order valence-electron chi connectivity index (χ3n) is 4.97. The Morgan fingerprint density at radius 3 is 2.37 bits per heavy atom. The maximum Gasteiger partial charge on any atom is 0.0107 e. The number of nitrogens with one attached hydrogen (secondary N) is 1. The third-order valence-corrected chi connectivity index (χ3v) is 4.97. The molecular weight excluding hydrogens is 232 g/mol. The Morgan fingerprint density at radius 1 is 1.11 bits per heavy atom. The van der Waals surface area contributed by atoms with E-state index in [9.17, 15) is 0 Å². The first kappa shape index (κ1) is 17.0. The lowest BCUT2D eigenvalue weighted by molar-refractivity contribution is 0.213. The Kier molecular flexibility index (Phi) is 6.82. The van der Waals surface area contributed by atoms with E-state index >= 15 is 0 Å². The molecule has 0 aliphatic heterocycles. The molecule has 0 saturated heterocycles. The van der Waals surface area contributed by atoms with E-state index in [4.69, 9.17) is 0 Å². The van der Waals surface area contributed by atoms with E-state index in [0.29, 0.717) is 11.5 Å². The smallest absolute Gasteiger partial charge is 0.0107 e. The Bertz CT molecular complexity index is 242. The van der Waals surface area contributed by atoms with Gasteiger partial charge in [0.05, 0.1) is 0 Å². The standard InChI is InChI=1S/C17H36N2/c1-14(2)19(6)13-12-18-16-9-7-8-15(10-11-16)17(3,4)5/h14-16,18H,7-13H2,1-6H3. The van der Waals surface area contributed by atoms with Crippen LogP contribution in [0.5, 0.6) is 0 Å². The van der Waals surface area contributed by atoms with Crippen LogP contribution in [-0.4, -0.2) is 37.1 Å². The molecule has 0 bridgehead atoms. The highest BCUT2D eigenvalue weighted by molar-refractivity contribution is 4.81. The summed E-state index contributed by atoms with van der Waals surface area (Å²) >= 11 is 0. The van der Waals surface area contributed by atoms with Crippen LogP contribution in [0.4, 0.5) is 0 Å². The van der Waals surface area contributed by atoms with Gasteiger partial charge in [0.15, 0.2) is 0 Å². The van der Waals surface area contributed by atoms with E-state index in [-0.39, 0.29) is 0 Å². The Morgan fingerprint density at radius 2 is 1.79 bits per heavy atom. The van der Waals surface area contributed by atoms with Crippen LogP contribution < -0.4 is 5.32 Å². The summed E-state index contributed by atoms with van der Waals surface area (Å²) in [5, 5.41) is 3.78. The monoisotopic (exact) mass is 268 g/mol. The molecule has 0 aromatic heterocycles. The predicted molar refractivity (Wildman–Crippen MR) is 85.6 cm³/mol. The van der Waals surface area contributed by atoms with E-state index in [0.717, 1.165) is 25.0 Å². The second kappa shape index (κ2) is 7.64. The molecule has 0 heterocycles. The summed E-state index contributed by atoms with van der Waals surface area (Å²) in [6.07, 6.45) is 6.97. The summed E-state index contributed by atoms with van der Waals surface area (Å²) in [5.74, 6) is 0.914. The van der Waals surface area contributed by atoms with Crippen molar-refractivity contribution in [2.75, 3.05) is 20.1 Å². The molecular formula is C17H36N2. The zero-order chi connectivity index (χ0) is 14.5. The van der Waals surface area contributed by atoms with Gasteiger partial charge in [0.25, 0.3) is 0 Å². The molecule has 0 aromatic rings. The first-order valence-corrected chi connectivity index (χ1v) is 8.24. The van der Waals surface area contributed by atoms with Crippen molar-refractivity contribution in [3.63, 3.8) is 0 Å². The molecule has 0 amide bonds. The number of rotatable bonds is 5. The van der Waals surface area contributed by atoms with Gasteiger partial charge in [-0.25, -0.2) is 0 Å². The third kappa shape index (κ3) is 6.27. The molecule has 2 unspecified atom stereocenters. The van der Waals surface area contributed by atoms with Gasteiger partial charge in [-0.15, -0.1) is 0 Å². The minimum absolute atomic E-state index is 0.493. The first-order chi connectivity index (χ1) is 8.80. The summed E-state index contributed by atoms with van der Waals surface area (Å²) < 4.78 is 0. The zero-order valence-corrected chi connectivity index (χ0v) is 14.1. The largest absolute Gasteiger partial charge is 0.313 e. The highest BCUT2D eigenvalue weighted by atomic mass is 15.1. The molecule has 0 aromatic carbocycles. The summed E-state index contributed by atoms with van der Waals surface area (Å²) in [7, 11) is 2.22. The van der Waals surface area contributed by atoms with Crippen molar-refractivity contribution in [3.8, 4) is 0 Å². The molecule has 1 saturated carbocycles. The van der Waals surface area contributed by atoms with Crippen molar-refractivity contribution in [3.05, 3.63) is 0 Å². The second-order valence-corrected chi connectivity index (χ2v) is 7.80. The van der Waals surface area contributed by atoms with Crippen LogP contribution in [0.3, 0.4) is 0 Å². The minimum Gasteiger partial charge on any atom is -0.313 e. The molecule has 1 N–H and O–H groups in total.